The van der Waals surface area contributed by atoms with Crippen LogP contribution in [0.4, 0.5) is 0 Å². The van der Waals surface area contributed by atoms with Gasteiger partial charge in [0.1, 0.15) is 0 Å². The van der Waals surface area contributed by atoms with E-state index < -0.39 is 0 Å². The molecule has 0 spiro atoms. The zero-order valence-electron chi connectivity index (χ0n) is 13.4. The molecule has 2 atom stereocenters. The lowest BCUT2D eigenvalue weighted by Gasteiger charge is -2.21. The molecule has 1 aliphatic rings. The van der Waals surface area contributed by atoms with Gasteiger partial charge in [0, 0.05) is 24.4 Å². The number of benzene rings is 1. The predicted molar refractivity (Wildman–Crippen MR) is 88.5 cm³/mol. The lowest BCUT2D eigenvalue weighted by atomic mass is 9.89. The van der Waals surface area contributed by atoms with Gasteiger partial charge in [0.05, 0.1) is 18.3 Å². The van der Waals surface area contributed by atoms with Crippen LogP contribution in [0.5, 0.6) is 0 Å². The number of carbonyl (C=O) groups is 1. The Morgan fingerprint density at radius 1 is 1.35 bits per heavy atom. The van der Waals surface area contributed by atoms with Crippen LogP contribution in [0.15, 0.2) is 42.6 Å². The first-order chi connectivity index (χ1) is 11.2. The number of aromatic nitrogens is 1. The third-order valence-electron chi connectivity index (χ3n) is 4.48. The van der Waals surface area contributed by atoms with Crippen molar-refractivity contribution in [1.29, 1.82) is 0 Å². The highest BCUT2D eigenvalue weighted by atomic mass is 16.5. The summed E-state index contributed by atoms with van der Waals surface area (Å²) in [6, 6.07) is 12.1. The van der Waals surface area contributed by atoms with E-state index in [1.807, 2.05) is 30.5 Å². The summed E-state index contributed by atoms with van der Waals surface area (Å²) < 4.78 is 7.21. The molecular weight excluding hydrogens is 290 g/mol. The summed E-state index contributed by atoms with van der Waals surface area (Å²) >= 11 is 0. The minimum absolute atomic E-state index is 0.00285. The van der Waals surface area contributed by atoms with Gasteiger partial charge in [-0.3, -0.25) is 0 Å². The lowest BCUT2D eigenvalue weighted by Crippen LogP contribution is -2.20. The van der Waals surface area contributed by atoms with Gasteiger partial charge in [-0.2, -0.15) is 0 Å². The minimum atomic E-state index is -0.388. The van der Waals surface area contributed by atoms with Gasteiger partial charge in [-0.25, -0.2) is 4.79 Å². The van der Waals surface area contributed by atoms with Crippen molar-refractivity contribution in [2.24, 2.45) is 0 Å². The zero-order chi connectivity index (χ0) is 16.2. The number of carbonyl (C=O) groups excluding carboxylic acids is 1. The molecule has 0 saturated heterocycles. The third kappa shape index (κ3) is 3.48. The van der Waals surface area contributed by atoms with Gasteiger partial charge in [0.25, 0.3) is 0 Å². The fraction of sp³-hybridized carbons (Fsp3) is 0.421. The Morgan fingerprint density at radius 3 is 2.87 bits per heavy atom. The maximum absolute atomic E-state index is 12.0. The SMILES string of the molecule is CCOC(=O)c1cc2n(c1)CCCC(O)C2Cc1ccccc1. The Morgan fingerprint density at radius 2 is 2.13 bits per heavy atom. The fourth-order valence-electron chi connectivity index (χ4n) is 3.34. The van der Waals surface area contributed by atoms with Crippen molar-refractivity contribution in [1.82, 2.24) is 4.57 Å². The monoisotopic (exact) mass is 313 g/mol. The molecule has 0 amide bonds. The molecule has 3 rings (SSSR count). The number of nitrogens with zero attached hydrogens (tertiary/aromatic N) is 1. The average molecular weight is 313 g/mol. The molecule has 0 radical (unpaired) electrons. The summed E-state index contributed by atoms with van der Waals surface area (Å²) in [5.41, 5.74) is 2.81. The van der Waals surface area contributed by atoms with Crippen LogP contribution in [0.25, 0.3) is 0 Å². The topological polar surface area (TPSA) is 51.5 Å². The molecule has 0 aliphatic carbocycles. The zero-order valence-corrected chi connectivity index (χ0v) is 13.4. The number of aliphatic hydroxyl groups excluding tert-OH is 1. The predicted octanol–water partition coefficient (Wildman–Crippen LogP) is 3.15. The van der Waals surface area contributed by atoms with Crippen molar-refractivity contribution in [3.8, 4) is 0 Å². The Balaban J connectivity index is 1.91. The van der Waals surface area contributed by atoms with Crippen LogP contribution in [-0.2, 0) is 17.7 Å². The third-order valence-corrected chi connectivity index (χ3v) is 4.48. The van der Waals surface area contributed by atoms with E-state index in [-0.39, 0.29) is 18.0 Å². The first-order valence-corrected chi connectivity index (χ1v) is 8.28. The first kappa shape index (κ1) is 15.8. The van der Waals surface area contributed by atoms with Crippen molar-refractivity contribution in [2.45, 2.75) is 44.8 Å². The number of fused-ring (bicyclic) bond motifs is 1. The van der Waals surface area contributed by atoms with Crippen molar-refractivity contribution >= 4 is 5.97 Å². The van der Waals surface area contributed by atoms with Gasteiger partial charge >= 0.3 is 5.97 Å². The smallest absolute Gasteiger partial charge is 0.339 e. The molecule has 4 heteroatoms. The van der Waals surface area contributed by atoms with Crippen molar-refractivity contribution in [3.05, 3.63) is 59.4 Å². The molecule has 4 nitrogen and oxygen atoms in total. The van der Waals surface area contributed by atoms with Crippen molar-refractivity contribution in [3.63, 3.8) is 0 Å². The lowest BCUT2D eigenvalue weighted by molar-refractivity contribution is 0.0526. The highest BCUT2D eigenvalue weighted by molar-refractivity contribution is 5.89. The second-order valence-corrected chi connectivity index (χ2v) is 6.07. The standard InChI is InChI=1S/C19H23NO3/c1-2-23-19(22)15-12-17-16(11-14-7-4-3-5-8-14)18(21)9-6-10-20(17)13-15/h3-5,7-8,12-13,16,18,21H,2,6,9-11H2,1H3. The number of esters is 1. The summed E-state index contributed by atoms with van der Waals surface area (Å²) in [7, 11) is 0. The second kappa shape index (κ2) is 7.01. The van der Waals surface area contributed by atoms with Crippen molar-refractivity contribution in [2.75, 3.05) is 6.61 Å². The van der Waals surface area contributed by atoms with E-state index in [1.54, 1.807) is 6.92 Å². The van der Waals surface area contributed by atoms with E-state index in [0.29, 0.717) is 12.2 Å². The molecule has 2 heterocycles. The highest BCUT2D eigenvalue weighted by Gasteiger charge is 2.28. The maximum atomic E-state index is 12.0. The Kier molecular flexibility index (Phi) is 4.82. The number of rotatable bonds is 4. The number of ether oxygens (including phenoxy) is 1. The van der Waals surface area contributed by atoms with Crippen LogP contribution in [-0.4, -0.2) is 28.4 Å². The van der Waals surface area contributed by atoms with Gasteiger partial charge in [-0.1, -0.05) is 30.3 Å². The molecule has 0 fully saturated rings. The molecule has 1 aromatic carbocycles. The summed E-state index contributed by atoms with van der Waals surface area (Å²) in [6.07, 6.45) is 3.95. The average Bonchev–Trinajstić information content (AvgIpc) is 2.92. The van der Waals surface area contributed by atoms with E-state index in [4.69, 9.17) is 4.74 Å². The Hall–Kier alpha value is -2.07. The van der Waals surface area contributed by atoms with Crippen LogP contribution < -0.4 is 0 Å². The summed E-state index contributed by atoms with van der Waals surface area (Å²) in [5, 5.41) is 10.6. The Bertz CT molecular complexity index is 663. The van der Waals surface area contributed by atoms with Gasteiger partial charge < -0.3 is 14.4 Å². The van der Waals surface area contributed by atoms with Crippen LogP contribution >= 0.6 is 0 Å². The van der Waals surface area contributed by atoms with Gasteiger partial charge in [-0.15, -0.1) is 0 Å². The maximum Gasteiger partial charge on any atom is 0.339 e. The molecule has 2 aromatic rings. The summed E-state index contributed by atoms with van der Waals surface area (Å²) in [6.45, 7) is 3.01. The fourth-order valence-corrected chi connectivity index (χ4v) is 3.34. The minimum Gasteiger partial charge on any atom is -0.462 e. The van der Waals surface area contributed by atoms with Gasteiger partial charge in [-0.05, 0) is 37.8 Å². The molecule has 1 aliphatic heterocycles. The largest absolute Gasteiger partial charge is 0.462 e. The number of aliphatic hydroxyl groups is 1. The Labute approximate surface area is 136 Å². The van der Waals surface area contributed by atoms with Crippen LogP contribution in [0.3, 0.4) is 0 Å². The van der Waals surface area contributed by atoms with E-state index in [9.17, 15) is 9.90 Å². The summed E-state index contributed by atoms with van der Waals surface area (Å²) in [4.78, 5) is 12.0. The van der Waals surface area contributed by atoms with E-state index in [1.165, 1.54) is 5.56 Å². The number of hydrogen-bond donors (Lipinski definition) is 1. The molecule has 122 valence electrons. The molecule has 1 N–H and O–H groups in total. The normalized spacial score (nSPS) is 20.6. The van der Waals surface area contributed by atoms with Crippen LogP contribution in [0.2, 0.25) is 0 Å². The second-order valence-electron chi connectivity index (χ2n) is 6.07. The van der Waals surface area contributed by atoms with E-state index >= 15 is 0 Å². The van der Waals surface area contributed by atoms with Gasteiger partial charge in [0.2, 0.25) is 0 Å². The molecule has 23 heavy (non-hydrogen) atoms. The quantitative estimate of drug-likeness (QED) is 0.882. The number of hydrogen-bond acceptors (Lipinski definition) is 3. The molecule has 0 saturated carbocycles. The van der Waals surface area contributed by atoms with Crippen molar-refractivity contribution < 1.29 is 14.6 Å². The molecule has 0 bridgehead atoms. The first-order valence-electron chi connectivity index (χ1n) is 8.28. The molecular formula is C19H23NO3. The summed E-state index contributed by atoms with van der Waals surface area (Å²) in [5.74, 6) is -0.288. The highest BCUT2D eigenvalue weighted by Crippen LogP contribution is 2.32. The molecule has 2 unspecified atom stereocenters. The van der Waals surface area contributed by atoms with Crippen LogP contribution in [0, 0.1) is 0 Å². The molecule has 1 aromatic heterocycles. The van der Waals surface area contributed by atoms with Crippen LogP contribution in [0.1, 0.15) is 47.3 Å². The number of aryl methyl sites for hydroxylation is 1. The van der Waals surface area contributed by atoms with Gasteiger partial charge in [0.15, 0.2) is 0 Å². The van der Waals surface area contributed by atoms with E-state index in [0.717, 1.165) is 31.5 Å². The van der Waals surface area contributed by atoms with E-state index in [2.05, 4.69) is 16.7 Å².